The zero-order chi connectivity index (χ0) is 12.8. The van der Waals surface area contributed by atoms with E-state index in [0.29, 0.717) is 24.9 Å². The molecule has 17 heavy (non-hydrogen) atoms. The number of hydrogen-bond donors (Lipinski definition) is 2. The second kappa shape index (κ2) is 7.13. The molecule has 0 aromatic heterocycles. The molecule has 0 fully saturated rings. The molecule has 0 radical (unpaired) electrons. The van der Waals surface area contributed by atoms with Crippen molar-refractivity contribution in [3.63, 3.8) is 0 Å². The highest BCUT2D eigenvalue weighted by molar-refractivity contribution is 9.11. The highest BCUT2D eigenvalue weighted by Gasteiger charge is 2.08. The van der Waals surface area contributed by atoms with Crippen LogP contribution in [0.2, 0.25) is 0 Å². The Balaban J connectivity index is 2.52. The van der Waals surface area contributed by atoms with E-state index in [1.807, 2.05) is 13.0 Å². The molecular formula is C12H15Br2NO2. The molecule has 0 bridgehead atoms. The van der Waals surface area contributed by atoms with Crippen LogP contribution in [-0.4, -0.2) is 23.7 Å². The van der Waals surface area contributed by atoms with Gasteiger partial charge in [-0.3, -0.25) is 4.79 Å². The van der Waals surface area contributed by atoms with Crippen molar-refractivity contribution in [2.24, 2.45) is 0 Å². The fourth-order valence-corrected chi connectivity index (χ4v) is 2.64. The summed E-state index contributed by atoms with van der Waals surface area (Å²) < 4.78 is 1.70. The van der Waals surface area contributed by atoms with Crippen LogP contribution in [-0.2, 0) is 0 Å². The summed E-state index contributed by atoms with van der Waals surface area (Å²) in [6.07, 6.45) is 0.944. The first-order valence-corrected chi connectivity index (χ1v) is 7.04. The van der Waals surface area contributed by atoms with E-state index in [0.717, 1.165) is 8.95 Å². The van der Waals surface area contributed by atoms with Gasteiger partial charge in [0.1, 0.15) is 0 Å². The van der Waals surface area contributed by atoms with Gasteiger partial charge in [-0.15, -0.1) is 0 Å². The second-order valence-electron chi connectivity index (χ2n) is 3.76. The van der Waals surface area contributed by atoms with Gasteiger partial charge in [0.25, 0.3) is 5.91 Å². The molecule has 0 aliphatic carbocycles. The number of halogens is 2. The maximum Gasteiger partial charge on any atom is 0.251 e. The third-order valence-electron chi connectivity index (χ3n) is 2.36. The monoisotopic (exact) mass is 363 g/mol. The topological polar surface area (TPSA) is 49.3 Å². The number of aliphatic hydroxyl groups is 1. The first-order chi connectivity index (χ1) is 8.02. The van der Waals surface area contributed by atoms with Crippen molar-refractivity contribution >= 4 is 37.8 Å². The summed E-state index contributed by atoms with van der Waals surface area (Å²) in [4.78, 5) is 11.8. The highest BCUT2D eigenvalue weighted by atomic mass is 79.9. The Morgan fingerprint density at radius 1 is 1.35 bits per heavy atom. The maximum absolute atomic E-state index is 11.8. The molecule has 0 aliphatic heterocycles. The van der Waals surface area contributed by atoms with Gasteiger partial charge in [0.15, 0.2) is 0 Å². The molecule has 1 atom stereocenters. The van der Waals surface area contributed by atoms with Crippen LogP contribution >= 0.6 is 31.9 Å². The van der Waals surface area contributed by atoms with Crippen LogP contribution in [0.1, 0.15) is 30.1 Å². The van der Waals surface area contributed by atoms with E-state index in [2.05, 4.69) is 37.2 Å². The predicted molar refractivity (Wildman–Crippen MR) is 75.1 cm³/mol. The number of carbonyl (C=O) groups excluding carboxylic acids is 1. The summed E-state index contributed by atoms with van der Waals surface area (Å²) in [6.45, 7) is 2.40. The summed E-state index contributed by atoms with van der Waals surface area (Å²) >= 11 is 6.67. The van der Waals surface area contributed by atoms with Gasteiger partial charge in [-0.05, 0) is 31.0 Å². The van der Waals surface area contributed by atoms with E-state index in [9.17, 15) is 9.90 Å². The number of carbonyl (C=O) groups is 1. The van der Waals surface area contributed by atoms with Crippen LogP contribution in [0.4, 0.5) is 0 Å². The summed E-state index contributed by atoms with van der Waals surface area (Å²) in [7, 11) is 0. The molecule has 3 nitrogen and oxygen atoms in total. The van der Waals surface area contributed by atoms with E-state index < -0.39 is 0 Å². The molecule has 0 aliphatic rings. The molecule has 1 amide bonds. The van der Waals surface area contributed by atoms with Gasteiger partial charge in [-0.1, -0.05) is 38.8 Å². The van der Waals surface area contributed by atoms with Gasteiger partial charge in [-0.2, -0.15) is 0 Å². The van der Waals surface area contributed by atoms with Crippen LogP contribution in [0.5, 0.6) is 0 Å². The lowest BCUT2D eigenvalue weighted by atomic mass is 10.2. The minimum Gasteiger partial charge on any atom is -0.393 e. The van der Waals surface area contributed by atoms with Crippen molar-refractivity contribution in [2.45, 2.75) is 25.9 Å². The van der Waals surface area contributed by atoms with Crippen LogP contribution < -0.4 is 5.32 Å². The molecule has 1 aromatic rings. The third kappa shape index (κ3) is 5.19. The van der Waals surface area contributed by atoms with Crippen molar-refractivity contribution < 1.29 is 9.90 Å². The number of rotatable bonds is 5. The lowest BCUT2D eigenvalue weighted by molar-refractivity contribution is 0.0942. The van der Waals surface area contributed by atoms with E-state index in [-0.39, 0.29) is 12.0 Å². The summed E-state index contributed by atoms with van der Waals surface area (Å²) in [5.74, 6) is -0.129. The Labute approximate surface area is 118 Å². The number of hydrogen-bond acceptors (Lipinski definition) is 2. The second-order valence-corrected chi connectivity index (χ2v) is 5.60. The van der Waals surface area contributed by atoms with Gasteiger partial charge >= 0.3 is 0 Å². The number of amides is 1. The molecule has 1 unspecified atom stereocenters. The van der Waals surface area contributed by atoms with Gasteiger partial charge < -0.3 is 10.4 Å². The third-order valence-corrected chi connectivity index (χ3v) is 3.27. The molecular weight excluding hydrogens is 350 g/mol. The zero-order valence-electron chi connectivity index (χ0n) is 9.54. The number of benzene rings is 1. The predicted octanol–water partition coefficient (Wildman–Crippen LogP) is 3.10. The smallest absolute Gasteiger partial charge is 0.251 e. The highest BCUT2D eigenvalue weighted by Crippen LogP contribution is 2.19. The first kappa shape index (κ1) is 14.7. The van der Waals surface area contributed by atoms with Gasteiger partial charge in [0, 0.05) is 21.1 Å². The summed E-state index contributed by atoms with van der Waals surface area (Å²) in [5, 5.41) is 12.1. The van der Waals surface area contributed by atoms with Crippen molar-refractivity contribution in [3.05, 3.63) is 32.7 Å². The Kier molecular flexibility index (Phi) is 6.16. The van der Waals surface area contributed by atoms with Crippen molar-refractivity contribution in [1.82, 2.24) is 5.32 Å². The van der Waals surface area contributed by atoms with Crippen molar-refractivity contribution in [1.29, 1.82) is 0 Å². The van der Waals surface area contributed by atoms with Gasteiger partial charge in [0.05, 0.1) is 6.10 Å². The number of nitrogens with one attached hydrogen (secondary N) is 1. The molecule has 0 saturated carbocycles. The lowest BCUT2D eigenvalue weighted by Gasteiger charge is -2.09. The van der Waals surface area contributed by atoms with Crippen LogP contribution in [0.15, 0.2) is 27.1 Å². The maximum atomic E-state index is 11.8. The fourth-order valence-electron chi connectivity index (χ4n) is 1.34. The SMILES string of the molecule is CCC(O)CCNC(=O)c1cc(Br)cc(Br)c1. The Hall–Kier alpha value is -0.390. The molecule has 0 heterocycles. The van der Waals surface area contributed by atoms with E-state index >= 15 is 0 Å². The fraction of sp³-hybridized carbons (Fsp3) is 0.417. The normalized spacial score (nSPS) is 12.2. The number of aliphatic hydroxyl groups excluding tert-OH is 1. The molecule has 94 valence electrons. The molecule has 0 spiro atoms. The summed E-state index contributed by atoms with van der Waals surface area (Å²) in [5.41, 5.74) is 0.595. The lowest BCUT2D eigenvalue weighted by Crippen LogP contribution is -2.27. The van der Waals surface area contributed by atoms with E-state index in [1.54, 1.807) is 12.1 Å². The van der Waals surface area contributed by atoms with Crippen LogP contribution in [0, 0.1) is 0 Å². The van der Waals surface area contributed by atoms with Crippen LogP contribution in [0.25, 0.3) is 0 Å². The largest absolute Gasteiger partial charge is 0.393 e. The Morgan fingerprint density at radius 2 is 1.94 bits per heavy atom. The summed E-state index contributed by atoms with van der Waals surface area (Å²) in [6, 6.07) is 5.39. The standard InChI is InChI=1S/C12H15Br2NO2/c1-2-11(16)3-4-15-12(17)8-5-9(13)7-10(14)6-8/h5-7,11,16H,2-4H2,1H3,(H,15,17). The van der Waals surface area contributed by atoms with Crippen molar-refractivity contribution in [2.75, 3.05) is 6.54 Å². The molecule has 5 heteroatoms. The minimum absolute atomic E-state index is 0.129. The average molecular weight is 365 g/mol. The minimum atomic E-state index is -0.343. The van der Waals surface area contributed by atoms with Gasteiger partial charge in [-0.25, -0.2) is 0 Å². The van der Waals surface area contributed by atoms with E-state index in [4.69, 9.17) is 0 Å². The Morgan fingerprint density at radius 3 is 2.47 bits per heavy atom. The molecule has 1 aromatic carbocycles. The van der Waals surface area contributed by atoms with Crippen molar-refractivity contribution in [3.8, 4) is 0 Å². The zero-order valence-corrected chi connectivity index (χ0v) is 12.7. The molecule has 2 N–H and O–H groups in total. The first-order valence-electron chi connectivity index (χ1n) is 5.45. The van der Waals surface area contributed by atoms with Gasteiger partial charge in [0.2, 0.25) is 0 Å². The van der Waals surface area contributed by atoms with E-state index in [1.165, 1.54) is 0 Å². The molecule has 1 rings (SSSR count). The molecule has 0 saturated heterocycles. The Bertz CT molecular complexity index is 376. The van der Waals surface area contributed by atoms with Crippen LogP contribution in [0.3, 0.4) is 0 Å². The average Bonchev–Trinajstić information content (AvgIpc) is 2.27. The quantitative estimate of drug-likeness (QED) is 0.843.